The van der Waals surface area contributed by atoms with Crippen LogP contribution in [-0.4, -0.2) is 18.6 Å². The van der Waals surface area contributed by atoms with Crippen LogP contribution >= 0.6 is 0 Å². The predicted octanol–water partition coefficient (Wildman–Crippen LogP) is 1.11. The van der Waals surface area contributed by atoms with Gasteiger partial charge in [0, 0.05) is 5.54 Å². The summed E-state index contributed by atoms with van der Waals surface area (Å²) in [5, 5.41) is 3.54. The van der Waals surface area contributed by atoms with Gasteiger partial charge >= 0.3 is 0 Å². The van der Waals surface area contributed by atoms with E-state index in [2.05, 4.69) is 19.2 Å². The van der Waals surface area contributed by atoms with Gasteiger partial charge in [-0.2, -0.15) is 0 Å². The first-order valence-electron chi connectivity index (χ1n) is 4.61. The van der Waals surface area contributed by atoms with Crippen LogP contribution in [0.25, 0.3) is 0 Å². The maximum absolute atomic E-state index is 5.51. The van der Waals surface area contributed by atoms with E-state index in [0.717, 1.165) is 13.1 Å². The molecule has 0 bridgehead atoms. The van der Waals surface area contributed by atoms with Crippen molar-refractivity contribution in [2.24, 2.45) is 11.7 Å². The lowest BCUT2D eigenvalue weighted by Gasteiger charge is -2.13. The van der Waals surface area contributed by atoms with Crippen molar-refractivity contribution in [1.29, 1.82) is 0 Å². The Morgan fingerprint density at radius 1 is 1.55 bits per heavy atom. The van der Waals surface area contributed by atoms with Gasteiger partial charge in [-0.05, 0) is 45.2 Å². The molecule has 1 unspecified atom stereocenters. The molecule has 66 valence electrons. The molecule has 0 spiro atoms. The van der Waals surface area contributed by atoms with Crippen LogP contribution in [-0.2, 0) is 0 Å². The maximum atomic E-state index is 5.51. The highest BCUT2D eigenvalue weighted by molar-refractivity contribution is 4.97. The molecule has 1 atom stereocenters. The monoisotopic (exact) mass is 156 g/mol. The van der Waals surface area contributed by atoms with Gasteiger partial charge in [0.1, 0.15) is 0 Å². The van der Waals surface area contributed by atoms with Gasteiger partial charge in [-0.3, -0.25) is 0 Å². The van der Waals surface area contributed by atoms with Crippen molar-refractivity contribution in [3.63, 3.8) is 0 Å². The molecule has 0 saturated heterocycles. The van der Waals surface area contributed by atoms with Crippen LogP contribution in [0.5, 0.6) is 0 Å². The molecule has 1 rings (SSSR count). The van der Waals surface area contributed by atoms with Crippen LogP contribution in [0.1, 0.15) is 33.1 Å². The Kier molecular flexibility index (Phi) is 2.90. The lowest BCUT2D eigenvalue weighted by molar-refractivity contribution is 0.463. The molecule has 2 heteroatoms. The first kappa shape index (κ1) is 9.01. The van der Waals surface area contributed by atoms with E-state index in [1.165, 1.54) is 19.3 Å². The molecule has 1 saturated carbocycles. The van der Waals surface area contributed by atoms with Crippen LogP contribution in [0.4, 0.5) is 0 Å². The Morgan fingerprint density at radius 2 is 2.18 bits per heavy atom. The highest BCUT2D eigenvalue weighted by Crippen LogP contribution is 2.34. The molecule has 11 heavy (non-hydrogen) atoms. The number of hydrogen-bond acceptors (Lipinski definition) is 2. The van der Waals surface area contributed by atoms with Crippen molar-refractivity contribution in [1.82, 2.24) is 5.32 Å². The van der Waals surface area contributed by atoms with Gasteiger partial charge < -0.3 is 11.1 Å². The van der Waals surface area contributed by atoms with Gasteiger partial charge in [-0.1, -0.05) is 6.92 Å². The highest BCUT2D eigenvalue weighted by Gasteiger charge is 2.36. The van der Waals surface area contributed by atoms with E-state index in [0.29, 0.717) is 11.5 Å². The number of nitrogens with two attached hydrogens (primary N) is 1. The van der Waals surface area contributed by atoms with Crippen molar-refractivity contribution in [3.05, 3.63) is 0 Å². The summed E-state index contributed by atoms with van der Waals surface area (Å²) in [5.41, 5.74) is 6.00. The molecule has 2 nitrogen and oxygen atoms in total. The zero-order valence-corrected chi connectivity index (χ0v) is 7.69. The van der Waals surface area contributed by atoms with Crippen molar-refractivity contribution in [2.75, 3.05) is 13.1 Å². The molecule has 1 aliphatic carbocycles. The SMILES string of the molecule is CC(CN)CCNC1(C)CC1. The zero-order valence-electron chi connectivity index (χ0n) is 7.69. The summed E-state index contributed by atoms with van der Waals surface area (Å²) in [7, 11) is 0. The van der Waals surface area contributed by atoms with Crippen LogP contribution < -0.4 is 11.1 Å². The second-order valence-corrected chi connectivity index (χ2v) is 4.12. The molecule has 0 radical (unpaired) electrons. The van der Waals surface area contributed by atoms with Crippen molar-refractivity contribution in [2.45, 2.75) is 38.6 Å². The highest BCUT2D eigenvalue weighted by atomic mass is 15.0. The minimum absolute atomic E-state index is 0.494. The minimum atomic E-state index is 0.494. The van der Waals surface area contributed by atoms with Gasteiger partial charge in [0.05, 0.1) is 0 Å². The molecule has 0 amide bonds. The smallest absolute Gasteiger partial charge is 0.0154 e. The fourth-order valence-electron chi connectivity index (χ4n) is 1.10. The van der Waals surface area contributed by atoms with Crippen molar-refractivity contribution < 1.29 is 0 Å². The van der Waals surface area contributed by atoms with E-state index in [1.807, 2.05) is 0 Å². The molecule has 1 fully saturated rings. The molecular formula is C9H20N2. The van der Waals surface area contributed by atoms with Gasteiger partial charge in [-0.25, -0.2) is 0 Å². The van der Waals surface area contributed by atoms with Crippen molar-refractivity contribution >= 4 is 0 Å². The molecular weight excluding hydrogens is 136 g/mol. The average Bonchev–Trinajstić information content (AvgIpc) is 2.68. The zero-order chi connectivity index (χ0) is 8.32. The molecule has 3 N–H and O–H groups in total. The predicted molar refractivity (Wildman–Crippen MR) is 48.5 cm³/mol. The largest absolute Gasteiger partial charge is 0.330 e. The third-order valence-electron chi connectivity index (χ3n) is 2.59. The van der Waals surface area contributed by atoms with E-state index in [9.17, 15) is 0 Å². The number of hydrogen-bond donors (Lipinski definition) is 2. The van der Waals surface area contributed by atoms with E-state index in [-0.39, 0.29) is 0 Å². The Morgan fingerprint density at radius 3 is 2.64 bits per heavy atom. The van der Waals surface area contributed by atoms with Gasteiger partial charge in [0.2, 0.25) is 0 Å². The quantitative estimate of drug-likeness (QED) is 0.626. The Hall–Kier alpha value is -0.0800. The normalized spacial score (nSPS) is 23.2. The third kappa shape index (κ3) is 3.21. The second kappa shape index (κ2) is 3.55. The minimum Gasteiger partial charge on any atom is -0.330 e. The van der Waals surface area contributed by atoms with Gasteiger partial charge in [-0.15, -0.1) is 0 Å². The van der Waals surface area contributed by atoms with E-state index in [4.69, 9.17) is 5.73 Å². The second-order valence-electron chi connectivity index (χ2n) is 4.12. The topological polar surface area (TPSA) is 38.0 Å². The van der Waals surface area contributed by atoms with Gasteiger partial charge in [0.15, 0.2) is 0 Å². The first-order valence-corrected chi connectivity index (χ1v) is 4.61. The van der Waals surface area contributed by atoms with Crippen molar-refractivity contribution in [3.8, 4) is 0 Å². The molecule has 0 aromatic heterocycles. The number of rotatable bonds is 5. The van der Waals surface area contributed by atoms with Gasteiger partial charge in [0.25, 0.3) is 0 Å². The van der Waals surface area contributed by atoms with E-state index in [1.54, 1.807) is 0 Å². The fraction of sp³-hybridized carbons (Fsp3) is 1.00. The van der Waals surface area contributed by atoms with Crippen LogP contribution in [0.15, 0.2) is 0 Å². The molecule has 0 heterocycles. The van der Waals surface area contributed by atoms with E-state index >= 15 is 0 Å². The summed E-state index contributed by atoms with van der Waals surface area (Å²) >= 11 is 0. The first-order chi connectivity index (χ1) is 5.16. The summed E-state index contributed by atoms with van der Waals surface area (Å²) in [6.07, 6.45) is 3.92. The summed E-state index contributed by atoms with van der Waals surface area (Å²) in [4.78, 5) is 0. The molecule has 0 aliphatic heterocycles. The summed E-state index contributed by atoms with van der Waals surface area (Å²) in [5.74, 6) is 0.671. The molecule has 0 aromatic rings. The Balaban J connectivity index is 1.95. The molecule has 0 aromatic carbocycles. The van der Waals surface area contributed by atoms with Crippen LogP contribution in [0.2, 0.25) is 0 Å². The van der Waals surface area contributed by atoms with Crippen LogP contribution in [0.3, 0.4) is 0 Å². The lowest BCUT2D eigenvalue weighted by atomic mass is 10.1. The summed E-state index contributed by atoms with van der Waals surface area (Å²) in [6, 6.07) is 0. The maximum Gasteiger partial charge on any atom is 0.0154 e. The van der Waals surface area contributed by atoms with Crippen LogP contribution in [0, 0.1) is 5.92 Å². The summed E-state index contributed by atoms with van der Waals surface area (Å²) < 4.78 is 0. The Labute approximate surface area is 69.5 Å². The fourth-order valence-corrected chi connectivity index (χ4v) is 1.10. The lowest BCUT2D eigenvalue weighted by Crippen LogP contribution is -2.30. The number of nitrogens with one attached hydrogen (secondary N) is 1. The third-order valence-corrected chi connectivity index (χ3v) is 2.59. The molecule has 1 aliphatic rings. The average molecular weight is 156 g/mol. The van der Waals surface area contributed by atoms with E-state index < -0.39 is 0 Å². The Bertz CT molecular complexity index is 119. The summed E-state index contributed by atoms with van der Waals surface area (Å²) in [6.45, 7) is 6.45. The standard InChI is InChI=1S/C9H20N2/c1-8(7-10)3-6-11-9(2)4-5-9/h8,11H,3-7,10H2,1-2H3.